The molecule has 3 rings (SSSR count). The molecule has 2 aromatic heterocycles. The Balaban J connectivity index is 1.59. The van der Waals surface area contributed by atoms with Crippen molar-refractivity contribution in [1.29, 1.82) is 0 Å². The van der Waals surface area contributed by atoms with Crippen molar-refractivity contribution in [2.45, 2.75) is 20.0 Å². The Kier molecular flexibility index (Phi) is 5.82. The van der Waals surface area contributed by atoms with Crippen molar-refractivity contribution in [3.8, 4) is 16.3 Å². The predicted octanol–water partition coefficient (Wildman–Crippen LogP) is 3.55. The topological polar surface area (TPSA) is 80.3 Å². The Morgan fingerprint density at radius 3 is 2.70 bits per heavy atom. The zero-order valence-electron chi connectivity index (χ0n) is 14.5. The molecule has 9 heteroatoms. The number of hydrogen-bond donors (Lipinski definition) is 2. The van der Waals surface area contributed by atoms with Gasteiger partial charge in [0.15, 0.2) is 17.7 Å². The van der Waals surface area contributed by atoms with Gasteiger partial charge in [0.25, 0.3) is 11.8 Å². The van der Waals surface area contributed by atoms with Gasteiger partial charge in [-0.2, -0.15) is 11.3 Å². The number of halogens is 1. The number of benzene rings is 1. The first kappa shape index (κ1) is 19.0. The van der Waals surface area contributed by atoms with Gasteiger partial charge in [-0.3, -0.25) is 20.4 Å². The second-order valence-electron chi connectivity index (χ2n) is 5.58. The number of aromatic nitrogens is 1. The number of carbonyl (C=O) groups is 2. The lowest BCUT2D eigenvalue weighted by atomic mass is 10.3. The number of hydrogen-bond acceptors (Lipinski definition) is 6. The van der Waals surface area contributed by atoms with Crippen LogP contribution in [0.2, 0.25) is 0 Å². The number of nitrogens with zero attached hydrogens (tertiary/aromatic N) is 1. The van der Waals surface area contributed by atoms with Crippen LogP contribution in [0, 0.1) is 12.7 Å². The molecule has 2 N–H and O–H groups in total. The molecule has 0 fully saturated rings. The second kappa shape index (κ2) is 8.28. The number of aryl methyl sites for hydroxylation is 1. The molecular formula is C18H16FN3O3S2. The van der Waals surface area contributed by atoms with Crippen LogP contribution in [0.4, 0.5) is 4.39 Å². The van der Waals surface area contributed by atoms with Gasteiger partial charge in [0.2, 0.25) is 0 Å². The summed E-state index contributed by atoms with van der Waals surface area (Å²) in [6, 6.07) is 7.70. The third-order valence-electron chi connectivity index (χ3n) is 3.58. The van der Waals surface area contributed by atoms with Crippen LogP contribution < -0.4 is 15.6 Å². The summed E-state index contributed by atoms with van der Waals surface area (Å²) in [5, 5.41) is 4.62. The largest absolute Gasteiger partial charge is 0.478 e. The van der Waals surface area contributed by atoms with E-state index in [0.29, 0.717) is 10.6 Å². The molecule has 0 saturated heterocycles. The normalized spacial score (nSPS) is 11.7. The highest BCUT2D eigenvalue weighted by Gasteiger charge is 2.20. The van der Waals surface area contributed by atoms with Crippen molar-refractivity contribution in [3.05, 3.63) is 57.5 Å². The van der Waals surface area contributed by atoms with E-state index in [1.807, 2.05) is 16.8 Å². The van der Waals surface area contributed by atoms with Crippen LogP contribution in [0.1, 0.15) is 22.3 Å². The maximum Gasteiger partial charge on any atom is 0.281 e. The lowest BCUT2D eigenvalue weighted by Gasteiger charge is -2.15. The van der Waals surface area contributed by atoms with Crippen LogP contribution in [0.15, 0.2) is 41.1 Å². The van der Waals surface area contributed by atoms with Gasteiger partial charge in [0, 0.05) is 10.9 Å². The fourth-order valence-corrected chi connectivity index (χ4v) is 3.85. The molecule has 0 bridgehead atoms. The minimum Gasteiger partial charge on any atom is -0.478 e. The van der Waals surface area contributed by atoms with Crippen LogP contribution in [-0.2, 0) is 4.79 Å². The van der Waals surface area contributed by atoms with E-state index in [9.17, 15) is 14.0 Å². The number of carbonyl (C=O) groups excluding carboxylic acids is 2. The molecule has 0 unspecified atom stereocenters. The van der Waals surface area contributed by atoms with Crippen molar-refractivity contribution in [1.82, 2.24) is 15.8 Å². The number of nitrogens with one attached hydrogen (secondary N) is 2. The van der Waals surface area contributed by atoms with E-state index in [2.05, 4.69) is 15.8 Å². The monoisotopic (exact) mass is 405 g/mol. The molecule has 0 radical (unpaired) electrons. The third kappa shape index (κ3) is 4.50. The maximum absolute atomic E-state index is 13.6. The number of rotatable bonds is 5. The van der Waals surface area contributed by atoms with E-state index in [1.165, 1.54) is 36.5 Å². The molecule has 0 aliphatic heterocycles. The number of hydrazine groups is 1. The summed E-state index contributed by atoms with van der Waals surface area (Å²) in [6.07, 6.45) is -0.994. The molecule has 0 aliphatic carbocycles. The summed E-state index contributed by atoms with van der Waals surface area (Å²) in [7, 11) is 0. The predicted molar refractivity (Wildman–Crippen MR) is 102 cm³/mol. The summed E-state index contributed by atoms with van der Waals surface area (Å²) in [6.45, 7) is 3.19. The van der Waals surface area contributed by atoms with Crippen molar-refractivity contribution in [3.63, 3.8) is 0 Å². The zero-order chi connectivity index (χ0) is 19.4. The summed E-state index contributed by atoms with van der Waals surface area (Å²) < 4.78 is 18.9. The average molecular weight is 405 g/mol. The number of amides is 2. The summed E-state index contributed by atoms with van der Waals surface area (Å²) >= 11 is 2.79. The first-order valence-electron chi connectivity index (χ1n) is 7.97. The van der Waals surface area contributed by atoms with Gasteiger partial charge in [-0.15, -0.1) is 11.3 Å². The van der Waals surface area contributed by atoms with Crippen molar-refractivity contribution in [2.24, 2.45) is 0 Å². The zero-order valence-corrected chi connectivity index (χ0v) is 16.1. The Labute approximate surface area is 163 Å². The van der Waals surface area contributed by atoms with Crippen molar-refractivity contribution in [2.75, 3.05) is 0 Å². The summed E-state index contributed by atoms with van der Waals surface area (Å²) in [4.78, 5) is 29.2. The molecular weight excluding hydrogens is 389 g/mol. The highest BCUT2D eigenvalue weighted by molar-refractivity contribution is 7.17. The second-order valence-corrected chi connectivity index (χ2v) is 7.36. The van der Waals surface area contributed by atoms with Crippen LogP contribution >= 0.6 is 22.7 Å². The van der Waals surface area contributed by atoms with Crippen LogP contribution in [0.5, 0.6) is 5.75 Å². The molecule has 140 valence electrons. The minimum absolute atomic E-state index is 0.0369. The van der Waals surface area contributed by atoms with Crippen LogP contribution in [0.25, 0.3) is 10.6 Å². The standard InChI is InChI=1S/C18H16FN3O3S2/c1-10-15(27-18(20-10)12-7-8-26-9-12)17(24)22-21-16(23)11(2)25-14-6-4-3-5-13(14)19/h3-9,11H,1-2H3,(H,21,23)(H,22,24)/t11-/m0/s1. The van der Waals surface area contributed by atoms with E-state index >= 15 is 0 Å². The van der Waals surface area contributed by atoms with Crippen molar-refractivity contribution >= 4 is 34.5 Å². The minimum atomic E-state index is -0.994. The fourth-order valence-electron chi connectivity index (χ4n) is 2.18. The van der Waals surface area contributed by atoms with Gasteiger partial charge in [0.1, 0.15) is 9.88 Å². The molecule has 3 aromatic rings. The molecule has 6 nitrogen and oxygen atoms in total. The van der Waals surface area contributed by atoms with E-state index in [4.69, 9.17) is 4.74 Å². The van der Waals surface area contributed by atoms with E-state index in [1.54, 1.807) is 24.3 Å². The van der Waals surface area contributed by atoms with Crippen molar-refractivity contribution < 1.29 is 18.7 Å². The summed E-state index contributed by atoms with van der Waals surface area (Å²) in [5.74, 6) is -1.68. The molecule has 1 aromatic carbocycles. The highest BCUT2D eigenvalue weighted by Crippen LogP contribution is 2.29. The highest BCUT2D eigenvalue weighted by atomic mass is 32.1. The lowest BCUT2D eigenvalue weighted by molar-refractivity contribution is -0.128. The molecule has 0 spiro atoms. The SMILES string of the molecule is Cc1nc(-c2ccsc2)sc1C(=O)NNC(=O)[C@H](C)Oc1ccccc1F. The van der Waals surface area contributed by atoms with E-state index < -0.39 is 23.7 Å². The number of para-hydroxylation sites is 1. The number of thiazole rings is 1. The maximum atomic E-state index is 13.6. The van der Waals surface area contributed by atoms with Crippen LogP contribution in [0.3, 0.4) is 0 Å². The lowest BCUT2D eigenvalue weighted by Crippen LogP contribution is -2.47. The number of thiophene rings is 1. The van der Waals surface area contributed by atoms with Gasteiger partial charge in [-0.05, 0) is 37.4 Å². The molecule has 2 amide bonds. The van der Waals surface area contributed by atoms with Gasteiger partial charge < -0.3 is 4.74 Å². The molecule has 0 saturated carbocycles. The Hall–Kier alpha value is -2.78. The molecule has 27 heavy (non-hydrogen) atoms. The summed E-state index contributed by atoms with van der Waals surface area (Å²) in [5.41, 5.74) is 6.15. The smallest absolute Gasteiger partial charge is 0.281 e. The third-order valence-corrected chi connectivity index (χ3v) is 5.47. The van der Waals surface area contributed by atoms with Gasteiger partial charge >= 0.3 is 0 Å². The first-order valence-corrected chi connectivity index (χ1v) is 9.73. The average Bonchev–Trinajstić information content (AvgIpc) is 3.30. The van der Waals surface area contributed by atoms with Crippen LogP contribution in [-0.4, -0.2) is 22.9 Å². The van der Waals surface area contributed by atoms with Gasteiger partial charge in [-0.1, -0.05) is 12.1 Å². The Bertz CT molecular complexity index is 957. The van der Waals surface area contributed by atoms with E-state index in [-0.39, 0.29) is 5.75 Å². The van der Waals surface area contributed by atoms with E-state index in [0.717, 1.165) is 10.6 Å². The van der Waals surface area contributed by atoms with Gasteiger partial charge in [0.05, 0.1) is 5.69 Å². The first-order chi connectivity index (χ1) is 13.0. The fraction of sp³-hybridized carbons (Fsp3) is 0.167. The van der Waals surface area contributed by atoms with Gasteiger partial charge in [-0.25, -0.2) is 9.37 Å². The Morgan fingerprint density at radius 2 is 2.00 bits per heavy atom. The quantitative estimate of drug-likeness (QED) is 0.636. The molecule has 0 aliphatic rings. The Morgan fingerprint density at radius 1 is 1.22 bits per heavy atom. The number of ether oxygens (including phenoxy) is 1. The molecule has 2 heterocycles. The molecule has 1 atom stereocenters.